The molecule has 0 aliphatic heterocycles. The van der Waals surface area contributed by atoms with Crippen molar-refractivity contribution in [2.75, 3.05) is 0 Å². The van der Waals surface area contributed by atoms with Crippen molar-refractivity contribution in [3.05, 3.63) is 5.92 Å². The maximum absolute atomic E-state index is 5.75. The lowest BCUT2D eigenvalue weighted by molar-refractivity contribution is 0.422. The van der Waals surface area contributed by atoms with Crippen LogP contribution in [0.2, 0.25) is 0 Å². The highest BCUT2D eigenvalue weighted by Crippen LogP contribution is 2.22. The fraction of sp³-hybridized carbons (Fsp3) is 0.857. The Kier molecular flexibility index (Phi) is 2.09. The van der Waals surface area contributed by atoms with Gasteiger partial charge in [-0.3, -0.25) is 0 Å². The van der Waals surface area contributed by atoms with Crippen molar-refractivity contribution < 1.29 is 0 Å². The normalized spacial score (nSPS) is 39.0. The molecule has 2 heteroatoms. The minimum Gasteiger partial charge on any atom is -0.328 e. The van der Waals surface area contributed by atoms with Crippen molar-refractivity contribution in [2.45, 2.75) is 38.3 Å². The van der Waals surface area contributed by atoms with Crippen LogP contribution in [0, 0.1) is 5.92 Å². The van der Waals surface area contributed by atoms with Gasteiger partial charge >= 0.3 is 0 Å². The summed E-state index contributed by atoms with van der Waals surface area (Å²) < 4.78 is 0. The Morgan fingerprint density at radius 1 is 1.44 bits per heavy atom. The van der Waals surface area contributed by atoms with Crippen LogP contribution < -0.4 is 11.5 Å². The van der Waals surface area contributed by atoms with E-state index in [1.807, 2.05) is 0 Å². The lowest BCUT2D eigenvalue weighted by atomic mass is 9.84. The van der Waals surface area contributed by atoms with E-state index in [0.29, 0.717) is 6.04 Å². The maximum Gasteiger partial charge on any atom is 0.0113 e. The van der Waals surface area contributed by atoms with Gasteiger partial charge in [-0.15, -0.1) is 0 Å². The molecule has 1 radical (unpaired) electrons. The molecule has 0 aromatic heterocycles. The summed E-state index contributed by atoms with van der Waals surface area (Å²) in [7, 11) is 0. The number of nitrogens with two attached hydrogens (primary N) is 2. The van der Waals surface area contributed by atoms with Gasteiger partial charge in [0.2, 0.25) is 0 Å². The lowest BCUT2D eigenvalue weighted by Crippen LogP contribution is -2.39. The molecule has 1 aliphatic carbocycles. The van der Waals surface area contributed by atoms with Gasteiger partial charge in [0.05, 0.1) is 0 Å². The van der Waals surface area contributed by atoms with E-state index >= 15 is 0 Å². The monoisotopic (exact) mass is 127 g/mol. The Bertz CT molecular complexity index is 92.9. The molecule has 4 N–H and O–H groups in total. The molecule has 2 atom stereocenters. The Hall–Kier alpha value is -0.0800. The van der Waals surface area contributed by atoms with E-state index in [2.05, 4.69) is 6.92 Å². The van der Waals surface area contributed by atoms with Gasteiger partial charge < -0.3 is 11.5 Å². The van der Waals surface area contributed by atoms with Gasteiger partial charge in [-0.1, -0.05) is 6.92 Å². The summed E-state index contributed by atoms with van der Waals surface area (Å²) in [5.41, 5.74) is 11.4. The first-order chi connectivity index (χ1) is 4.20. The zero-order chi connectivity index (χ0) is 6.85. The SMILES string of the molecule is C[C]1CCC(N)CC1N. The van der Waals surface area contributed by atoms with Crippen molar-refractivity contribution in [1.29, 1.82) is 0 Å². The van der Waals surface area contributed by atoms with E-state index in [1.165, 1.54) is 5.92 Å². The van der Waals surface area contributed by atoms with Crippen LogP contribution in [0.25, 0.3) is 0 Å². The number of hydrogen-bond acceptors (Lipinski definition) is 2. The summed E-state index contributed by atoms with van der Waals surface area (Å²) in [5, 5.41) is 0. The van der Waals surface area contributed by atoms with Gasteiger partial charge in [0.1, 0.15) is 0 Å². The molecule has 1 rings (SSSR count). The molecule has 0 aromatic rings. The molecule has 53 valence electrons. The zero-order valence-electron chi connectivity index (χ0n) is 5.93. The first kappa shape index (κ1) is 7.03. The van der Waals surface area contributed by atoms with Crippen LogP contribution in [-0.4, -0.2) is 12.1 Å². The third-order valence-electron chi connectivity index (χ3n) is 2.10. The summed E-state index contributed by atoms with van der Waals surface area (Å²) in [6.45, 7) is 2.12. The van der Waals surface area contributed by atoms with Gasteiger partial charge in [-0.2, -0.15) is 0 Å². The second-order valence-corrected chi connectivity index (χ2v) is 2.99. The van der Waals surface area contributed by atoms with Crippen molar-refractivity contribution in [2.24, 2.45) is 11.5 Å². The molecule has 0 spiro atoms. The molecular formula is C7H15N2. The first-order valence-electron chi connectivity index (χ1n) is 3.53. The average Bonchev–Trinajstić information content (AvgIpc) is 1.80. The third kappa shape index (κ3) is 1.66. The van der Waals surface area contributed by atoms with Crippen LogP contribution in [0.3, 0.4) is 0 Å². The number of hydrogen-bond donors (Lipinski definition) is 2. The van der Waals surface area contributed by atoms with Crippen molar-refractivity contribution >= 4 is 0 Å². The van der Waals surface area contributed by atoms with E-state index in [9.17, 15) is 0 Å². The van der Waals surface area contributed by atoms with Crippen molar-refractivity contribution in [3.8, 4) is 0 Å². The third-order valence-corrected chi connectivity index (χ3v) is 2.10. The van der Waals surface area contributed by atoms with E-state index in [-0.39, 0.29) is 6.04 Å². The molecule has 0 amide bonds. The predicted octanol–water partition coefficient (Wildman–Crippen LogP) is 0.419. The molecule has 0 aromatic carbocycles. The van der Waals surface area contributed by atoms with E-state index < -0.39 is 0 Å². The fourth-order valence-corrected chi connectivity index (χ4v) is 1.24. The molecule has 0 saturated heterocycles. The van der Waals surface area contributed by atoms with Gasteiger partial charge in [0, 0.05) is 12.1 Å². The van der Waals surface area contributed by atoms with E-state index in [4.69, 9.17) is 11.5 Å². The average molecular weight is 127 g/mol. The molecule has 9 heavy (non-hydrogen) atoms. The molecular weight excluding hydrogens is 112 g/mol. The van der Waals surface area contributed by atoms with Crippen LogP contribution in [0.1, 0.15) is 26.2 Å². The minimum atomic E-state index is 0.272. The fourth-order valence-electron chi connectivity index (χ4n) is 1.24. The Labute approximate surface area is 56.6 Å². The van der Waals surface area contributed by atoms with Crippen LogP contribution in [0.15, 0.2) is 0 Å². The van der Waals surface area contributed by atoms with E-state index in [1.54, 1.807) is 0 Å². The van der Waals surface area contributed by atoms with Crippen LogP contribution in [0.4, 0.5) is 0 Å². The zero-order valence-corrected chi connectivity index (χ0v) is 5.93. The Balaban J connectivity index is 2.35. The highest BCUT2D eigenvalue weighted by molar-refractivity contribution is 5.01. The highest BCUT2D eigenvalue weighted by Gasteiger charge is 2.22. The molecule has 1 saturated carbocycles. The number of rotatable bonds is 0. The summed E-state index contributed by atoms with van der Waals surface area (Å²) in [6, 6.07) is 0.623. The van der Waals surface area contributed by atoms with Gasteiger partial charge in [0.25, 0.3) is 0 Å². The highest BCUT2D eigenvalue weighted by atomic mass is 14.7. The second kappa shape index (κ2) is 2.67. The summed E-state index contributed by atoms with van der Waals surface area (Å²) in [4.78, 5) is 0. The van der Waals surface area contributed by atoms with Crippen LogP contribution in [0.5, 0.6) is 0 Å². The second-order valence-electron chi connectivity index (χ2n) is 2.99. The smallest absolute Gasteiger partial charge is 0.0113 e. The molecule has 1 fully saturated rings. The minimum absolute atomic E-state index is 0.272. The first-order valence-corrected chi connectivity index (χ1v) is 3.53. The van der Waals surface area contributed by atoms with Crippen LogP contribution >= 0.6 is 0 Å². The quantitative estimate of drug-likeness (QED) is 0.495. The van der Waals surface area contributed by atoms with Crippen molar-refractivity contribution in [3.63, 3.8) is 0 Å². The summed E-state index contributed by atoms with van der Waals surface area (Å²) in [5.74, 6) is 1.41. The molecule has 2 unspecified atom stereocenters. The largest absolute Gasteiger partial charge is 0.328 e. The van der Waals surface area contributed by atoms with Crippen molar-refractivity contribution in [1.82, 2.24) is 0 Å². The Morgan fingerprint density at radius 2 is 2.11 bits per heavy atom. The lowest BCUT2D eigenvalue weighted by Gasteiger charge is -2.28. The Morgan fingerprint density at radius 3 is 2.56 bits per heavy atom. The maximum atomic E-state index is 5.75. The predicted molar refractivity (Wildman–Crippen MR) is 38.7 cm³/mol. The van der Waals surface area contributed by atoms with Gasteiger partial charge in [-0.25, -0.2) is 0 Å². The molecule has 0 bridgehead atoms. The van der Waals surface area contributed by atoms with Gasteiger partial charge in [-0.05, 0) is 25.2 Å². The standard InChI is InChI=1S/C7H15N2/c1-5-2-3-6(8)4-7(5)9/h6-7H,2-4,8-9H2,1H3. The molecule has 1 aliphatic rings. The summed E-state index contributed by atoms with van der Waals surface area (Å²) in [6.07, 6.45) is 3.23. The summed E-state index contributed by atoms with van der Waals surface area (Å²) >= 11 is 0. The topological polar surface area (TPSA) is 52.0 Å². The molecule has 0 heterocycles. The van der Waals surface area contributed by atoms with Crippen LogP contribution in [-0.2, 0) is 0 Å². The van der Waals surface area contributed by atoms with E-state index in [0.717, 1.165) is 19.3 Å². The van der Waals surface area contributed by atoms with Gasteiger partial charge in [0.15, 0.2) is 0 Å². The molecule has 2 nitrogen and oxygen atoms in total.